The quantitative estimate of drug-likeness (QED) is 0.465. The predicted molar refractivity (Wildman–Crippen MR) is 41.6 cm³/mol. The molecule has 58 valence electrons. The van der Waals surface area contributed by atoms with E-state index in [1.807, 2.05) is 0 Å². The van der Waals surface area contributed by atoms with E-state index in [-0.39, 0.29) is 6.10 Å². The molecule has 0 aliphatic rings. The molecule has 0 aromatic heterocycles. The third-order valence-electron chi connectivity index (χ3n) is 1.21. The Kier molecular flexibility index (Phi) is 4.67. The van der Waals surface area contributed by atoms with Gasteiger partial charge in [0.15, 0.2) is 0 Å². The molecule has 0 amide bonds. The Bertz CT molecular complexity index is 97.8. The van der Waals surface area contributed by atoms with Crippen LogP contribution in [0.2, 0.25) is 0 Å². The van der Waals surface area contributed by atoms with E-state index >= 15 is 0 Å². The summed E-state index contributed by atoms with van der Waals surface area (Å²) in [5.74, 6) is 0. The van der Waals surface area contributed by atoms with Crippen molar-refractivity contribution in [1.29, 1.82) is 0 Å². The SMILES string of the molecule is C=CCC(OC=C)C(C)O. The standard InChI is InChI=1S/C8H14O2/c1-4-6-8(7(3)9)10-5-2/h4-5,7-9H,1-2,6H2,3H3. The Hall–Kier alpha value is -0.760. The van der Waals surface area contributed by atoms with Gasteiger partial charge in [0.2, 0.25) is 0 Å². The first-order valence-electron chi connectivity index (χ1n) is 3.27. The molecule has 0 fully saturated rings. The van der Waals surface area contributed by atoms with Crippen molar-refractivity contribution in [3.63, 3.8) is 0 Å². The molecule has 0 spiro atoms. The first kappa shape index (κ1) is 9.24. The first-order chi connectivity index (χ1) is 4.72. The van der Waals surface area contributed by atoms with Gasteiger partial charge in [0, 0.05) is 6.42 Å². The number of aliphatic hydroxyl groups excluding tert-OH is 1. The van der Waals surface area contributed by atoms with Crippen LogP contribution in [0.4, 0.5) is 0 Å². The van der Waals surface area contributed by atoms with Crippen LogP contribution in [0.5, 0.6) is 0 Å². The van der Waals surface area contributed by atoms with Gasteiger partial charge in [-0.25, -0.2) is 0 Å². The third kappa shape index (κ3) is 3.30. The molecule has 0 aliphatic heterocycles. The van der Waals surface area contributed by atoms with Crippen molar-refractivity contribution < 1.29 is 9.84 Å². The molecular formula is C8H14O2. The monoisotopic (exact) mass is 142 g/mol. The summed E-state index contributed by atoms with van der Waals surface area (Å²) in [6, 6.07) is 0. The maximum atomic E-state index is 9.05. The molecule has 0 aromatic rings. The maximum absolute atomic E-state index is 9.05. The van der Waals surface area contributed by atoms with Crippen LogP contribution < -0.4 is 0 Å². The Balaban J connectivity index is 3.70. The maximum Gasteiger partial charge on any atom is 0.127 e. The lowest BCUT2D eigenvalue weighted by Gasteiger charge is -2.16. The molecule has 1 N–H and O–H groups in total. The Morgan fingerprint density at radius 3 is 2.50 bits per heavy atom. The van der Waals surface area contributed by atoms with Crippen LogP contribution in [0.1, 0.15) is 13.3 Å². The van der Waals surface area contributed by atoms with E-state index in [1.54, 1.807) is 13.0 Å². The highest BCUT2D eigenvalue weighted by molar-refractivity contribution is 4.78. The van der Waals surface area contributed by atoms with E-state index in [2.05, 4.69) is 13.2 Å². The summed E-state index contributed by atoms with van der Waals surface area (Å²) >= 11 is 0. The Morgan fingerprint density at radius 1 is 1.60 bits per heavy atom. The Morgan fingerprint density at radius 2 is 2.20 bits per heavy atom. The van der Waals surface area contributed by atoms with Gasteiger partial charge in [-0.2, -0.15) is 0 Å². The summed E-state index contributed by atoms with van der Waals surface area (Å²) < 4.78 is 4.99. The van der Waals surface area contributed by atoms with Crippen molar-refractivity contribution >= 4 is 0 Å². The molecule has 0 heterocycles. The lowest BCUT2D eigenvalue weighted by Crippen LogP contribution is -2.23. The number of aliphatic hydroxyl groups is 1. The van der Waals surface area contributed by atoms with E-state index < -0.39 is 6.10 Å². The molecule has 2 atom stereocenters. The van der Waals surface area contributed by atoms with Gasteiger partial charge in [-0.05, 0) is 6.92 Å². The Labute approximate surface area is 61.8 Å². The van der Waals surface area contributed by atoms with Crippen LogP contribution in [0, 0.1) is 0 Å². The van der Waals surface area contributed by atoms with Gasteiger partial charge in [-0.1, -0.05) is 12.7 Å². The lowest BCUT2D eigenvalue weighted by molar-refractivity contribution is 0.0224. The largest absolute Gasteiger partial charge is 0.496 e. The van der Waals surface area contributed by atoms with Crippen molar-refractivity contribution in [2.75, 3.05) is 0 Å². The summed E-state index contributed by atoms with van der Waals surface area (Å²) in [7, 11) is 0. The minimum atomic E-state index is -0.476. The second-order valence-corrected chi connectivity index (χ2v) is 2.11. The van der Waals surface area contributed by atoms with Gasteiger partial charge in [0.25, 0.3) is 0 Å². The molecule has 10 heavy (non-hydrogen) atoms. The highest BCUT2D eigenvalue weighted by Crippen LogP contribution is 2.04. The van der Waals surface area contributed by atoms with Gasteiger partial charge in [0.1, 0.15) is 6.10 Å². The number of rotatable bonds is 5. The number of ether oxygens (including phenoxy) is 1. The van der Waals surface area contributed by atoms with Crippen LogP contribution in [-0.2, 0) is 4.74 Å². The molecule has 0 radical (unpaired) electrons. The fourth-order valence-corrected chi connectivity index (χ4v) is 0.654. The zero-order valence-corrected chi connectivity index (χ0v) is 6.29. The van der Waals surface area contributed by atoms with Crippen molar-refractivity contribution in [1.82, 2.24) is 0 Å². The molecule has 0 bridgehead atoms. The predicted octanol–water partition coefficient (Wildman–Crippen LogP) is 1.47. The topological polar surface area (TPSA) is 29.5 Å². The van der Waals surface area contributed by atoms with Gasteiger partial charge < -0.3 is 9.84 Å². The van der Waals surface area contributed by atoms with Crippen LogP contribution in [0.15, 0.2) is 25.5 Å². The summed E-state index contributed by atoms with van der Waals surface area (Å²) in [5.41, 5.74) is 0. The van der Waals surface area contributed by atoms with E-state index in [1.165, 1.54) is 6.26 Å². The van der Waals surface area contributed by atoms with Crippen molar-refractivity contribution in [2.45, 2.75) is 25.6 Å². The van der Waals surface area contributed by atoms with Crippen molar-refractivity contribution in [3.05, 3.63) is 25.5 Å². The molecule has 0 saturated heterocycles. The summed E-state index contributed by atoms with van der Waals surface area (Å²) in [5, 5.41) is 9.05. The summed E-state index contributed by atoms with van der Waals surface area (Å²) in [4.78, 5) is 0. The fraction of sp³-hybridized carbons (Fsp3) is 0.500. The average molecular weight is 142 g/mol. The van der Waals surface area contributed by atoms with Gasteiger partial charge in [-0.3, -0.25) is 0 Å². The van der Waals surface area contributed by atoms with E-state index in [0.717, 1.165) is 0 Å². The van der Waals surface area contributed by atoms with E-state index in [0.29, 0.717) is 6.42 Å². The van der Waals surface area contributed by atoms with Gasteiger partial charge >= 0.3 is 0 Å². The summed E-state index contributed by atoms with van der Waals surface area (Å²) in [6.07, 6.45) is 3.01. The lowest BCUT2D eigenvalue weighted by atomic mass is 10.1. The van der Waals surface area contributed by atoms with Crippen LogP contribution in [-0.4, -0.2) is 17.3 Å². The molecule has 0 aromatic carbocycles. The molecule has 2 heteroatoms. The molecule has 0 rings (SSSR count). The molecule has 2 unspecified atom stereocenters. The molecule has 2 nitrogen and oxygen atoms in total. The highest BCUT2D eigenvalue weighted by atomic mass is 16.5. The molecule has 0 saturated carbocycles. The second kappa shape index (κ2) is 5.06. The van der Waals surface area contributed by atoms with Crippen LogP contribution >= 0.6 is 0 Å². The average Bonchev–Trinajstić information content (AvgIpc) is 1.87. The smallest absolute Gasteiger partial charge is 0.127 e. The third-order valence-corrected chi connectivity index (χ3v) is 1.21. The summed E-state index contributed by atoms with van der Waals surface area (Å²) in [6.45, 7) is 8.62. The number of hydrogen-bond donors (Lipinski definition) is 1. The fourth-order valence-electron chi connectivity index (χ4n) is 0.654. The van der Waals surface area contributed by atoms with Crippen LogP contribution in [0.25, 0.3) is 0 Å². The van der Waals surface area contributed by atoms with Gasteiger partial charge in [-0.15, -0.1) is 6.58 Å². The molecule has 0 aliphatic carbocycles. The number of hydrogen-bond acceptors (Lipinski definition) is 2. The highest BCUT2D eigenvalue weighted by Gasteiger charge is 2.11. The minimum absolute atomic E-state index is 0.199. The zero-order chi connectivity index (χ0) is 7.98. The normalized spacial score (nSPS) is 15.4. The van der Waals surface area contributed by atoms with E-state index in [9.17, 15) is 0 Å². The zero-order valence-electron chi connectivity index (χ0n) is 6.29. The molecular weight excluding hydrogens is 128 g/mol. The van der Waals surface area contributed by atoms with Crippen LogP contribution in [0.3, 0.4) is 0 Å². The van der Waals surface area contributed by atoms with E-state index in [4.69, 9.17) is 9.84 Å². The van der Waals surface area contributed by atoms with Crippen molar-refractivity contribution in [2.24, 2.45) is 0 Å². The minimum Gasteiger partial charge on any atom is -0.496 e. The second-order valence-electron chi connectivity index (χ2n) is 2.11. The first-order valence-corrected chi connectivity index (χ1v) is 3.27. The van der Waals surface area contributed by atoms with Crippen molar-refractivity contribution in [3.8, 4) is 0 Å². The van der Waals surface area contributed by atoms with Gasteiger partial charge in [0.05, 0.1) is 12.4 Å².